The van der Waals surface area contributed by atoms with Crippen molar-refractivity contribution in [1.29, 1.82) is 0 Å². The quantitative estimate of drug-likeness (QED) is 0.380. The molecule has 2 aromatic carbocycles. The Kier molecular flexibility index (Phi) is 6.82. The van der Waals surface area contributed by atoms with E-state index in [1.807, 2.05) is 12.1 Å². The van der Waals surface area contributed by atoms with E-state index in [0.717, 1.165) is 35.1 Å². The van der Waals surface area contributed by atoms with E-state index in [0.29, 0.717) is 30.8 Å². The van der Waals surface area contributed by atoms with Gasteiger partial charge in [0.1, 0.15) is 17.3 Å². The van der Waals surface area contributed by atoms with E-state index in [1.165, 1.54) is 0 Å². The van der Waals surface area contributed by atoms with Gasteiger partial charge >= 0.3 is 36.8 Å². The molecular formula is C25H23LiO8. The van der Waals surface area contributed by atoms with E-state index in [9.17, 15) is 19.2 Å². The summed E-state index contributed by atoms with van der Waals surface area (Å²) in [6.07, 6.45) is 3.79. The molecule has 2 aliphatic heterocycles. The molecule has 0 radical (unpaired) electrons. The fraction of sp³-hybridized carbons (Fsp3) is 0.360. The molecule has 9 heteroatoms. The van der Waals surface area contributed by atoms with E-state index >= 15 is 0 Å². The van der Waals surface area contributed by atoms with Crippen LogP contribution < -0.4 is 28.3 Å². The molecule has 2 saturated carbocycles. The molecule has 2 aromatic rings. The molecule has 6 rings (SSSR count). The molecule has 0 atom stereocenters. The third-order valence-electron chi connectivity index (χ3n) is 6.93. The van der Waals surface area contributed by atoms with Crippen molar-refractivity contribution >= 4 is 23.7 Å². The third kappa shape index (κ3) is 4.29. The molecule has 0 spiro atoms. The topological polar surface area (TPSA) is 137 Å². The number of hydrogen-bond acceptors (Lipinski definition) is 7. The smallest absolute Gasteiger partial charge is 0.870 e. The second kappa shape index (κ2) is 9.03. The van der Waals surface area contributed by atoms with Crippen molar-refractivity contribution in [2.45, 2.75) is 56.3 Å². The van der Waals surface area contributed by atoms with Gasteiger partial charge in [-0.05, 0) is 55.9 Å². The van der Waals surface area contributed by atoms with Crippen LogP contribution in [-0.2, 0) is 42.8 Å². The average molecular weight is 458 g/mol. The maximum Gasteiger partial charge on any atom is 1.00 e. The molecule has 0 amide bonds. The van der Waals surface area contributed by atoms with Crippen molar-refractivity contribution < 1.29 is 58.1 Å². The molecular weight excluding hydrogens is 435 g/mol. The molecule has 0 bridgehead atoms. The molecule has 2 fully saturated rings. The maximum absolute atomic E-state index is 11.6. The van der Waals surface area contributed by atoms with Gasteiger partial charge < -0.3 is 20.1 Å². The van der Waals surface area contributed by atoms with E-state index in [2.05, 4.69) is 0 Å². The Balaban J connectivity index is 0.000000180. The molecule has 0 unspecified atom stereocenters. The van der Waals surface area contributed by atoms with Gasteiger partial charge in [0.25, 0.3) is 0 Å². The number of hydrogen-bond donors (Lipinski definition) is 1. The molecule has 0 aromatic heterocycles. The van der Waals surface area contributed by atoms with Gasteiger partial charge in [0.05, 0.1) is 23.7 Å². The van der Waals surface area contributed by atoms with E-state index < -0.39 is 11.4 Å². The van der Waals surface area contributed by atoms with Crippen LogP contribution in [0, 0.1) is 0 Å². The number of esters is 2. The van der Waals surface area contributed by atoms with Crippen molar-refractivity contribution in [3.8, 4) is 11.5 Å². The molecule has 172 valence electrons. The summed E-state index contributed by atoms with van der Waals surface area (Å²) < 4.78 is 10.0. The SMILES string of the molecule is CC(=O)C1(c2ccc3c(c2)CC(=O)O3)CC1.O=C1Cc2cc(C3(C(=O)O)CC3)ccc2O1.[Li+].[OH-]. The van der Waals surface area contributed by atoms with Gasteiger partial charge in [-0.15, -0.1) is 0 Å². The van der Waals surface area contributed by atoms with Crippen LogP contribution in [0.1, 0.15) is 54.9 Å². The standard InChI is InChI=1S/C13H12O3.C12H10O4.Li.H2O/c1-8(14)13(4-5-13)10-2-3-11-9(6-10)7-12(15)16-11;13-10-6-7-5-8(1-2-9(7)16-10)12(3-4-12)11(14)15;;/h2-3,6H,4-5,7H2,1H3;1-2,5H,3-4,6H2,(H,14,15);;1H2/q;;+1;/p-1. The first-order valence-corrected chi connectivity index (χ1v) is 10.7. The molecule has 0 saturated heterocycles. The third-order valence-corrected chi connectivity index (χ3v) is 6.93. The van der Waals surface area contributed by atoms with Crippen LogP contribution in [0.4, 0.5) is 0 Å². The summed E-state index contributed by atoms with van der Waals surface area (Å²) >= 11 is 0. The van der Waals surface area contributed by atoms with Crippen LogP contribution in [0.25, 0.3) is 0 Å². The first kappa shape index (κ1) is 25.7. The second-order valence-corrected chi connectivity index (χ2v) is 8.97. The van der Waals surface area contributed by atoms with E-state index in [1.54, 1.807) is 31.2 Å². The van der Waals surface area contributed by atoms with Crippen molar-refractivity contribution in [3.05, 3.63) is 58.7 Å². The van der Waals surface area contributed by atoms with Gasteiger partial charge in [-0.3, -0.25) is 19.2 Å². The number of carboxylic acid groups (broad SMARTS) is 1. The maximum atomic E-state index is 11.6. The average Bonchev–Trinajstić information content (AvgIpc) is 3.64. The summed E-state index contributed by atoms with van der Waals surface area (Å²) in [5.74, 6) is 0.172. The normalized spacial score (nSPS) is 19.0. The number of Topliss-reactive ketones (excluding diaryl/α,β-unsaturated/α-hetero) is 1. The van der Waals surface area contributed by atoms with Crippen molar-refractivity contribution in [1.82, 2.24) is 0 Å². The van der Waals surface area contributed by atoms with Gasteiger partial charge in [-0.1, -0.05) is 24.3 Å². The first-order valence-electron chi connectivity index (χ1n) is 10.7. The fourth-order valence-corrected chi connectivity index (χ4v) is 4.58. The summed E-state index contributed by atoms with van der Waals surface area (Å²) in [7, 11) is 0. The minimum Gasteiger partial charge on any atom is -0.870 e. The number of ketones is 1. The first-order chi connectivity index (χ1) is 15.2. The van der Waals surface area contributed by atoms with Gasteiger partial charge in [-0.2, -0.15) is 0 Å². The van der Waals surface area contributed by atoms with E-state index in [4.69, 9.17) is 14.6 Å². The minimum atomic E-state index is -0.780. The number of carbonyl (C=O) groups excluding carboxylic acids is 3. The molecule has 34 heavy (non-hydrogen) atoms. The molecule has 2 heterocycles. The molecule has 4 aliphatic rings. The van der Waals surface area contributed by atoms with Crippen LogP contribution in [0.5, 0.6) is 11.5 Å². The van der Waals surface area contributed by atoms with Gasteiger partial charge in [-0.25, -0.2) is 0 Å². The van der Waals surface area contributed by atoms with Crippen LogP contribution in [0.2, 0.25) is 0 Å². The molecule has 2 aliphatic carbocycles. The largest absolute Gasteiger partial charge is 1.00 e. The minimum absolute atomic E-state index is 0. The predicted octanol–water partition coefficient (Wildman–Crippen LogP) is -0.140. The molecule has 2 N–H and O–H groups in total. The monoisotopic (exact) mass is 458 g/mol. The Morgan fingerprint density at radius 1 is 0.794 bits per heavy atom. The van der Waals surface area contributed by atoms with E-state index in [-0.39, 0.29) is 53.9 Å². The Morgan fingerprint density at radius 2 is 1.21 bits per heavy atom. The second-order valence-electron chi connectivity index (χ2n) is 8.97. The van der Waals surface area contributed by atoms with Gasteiger partial charge in [0.15, 0.2) is 0 Å². The Labute approximate surface area is 208 Å². The number of benzene rings is 2. The van der Waals surface area contributed by atoms with Crippen molar-refractivity contribution in [2.75, 3.05) is 0 Å². The molecule has 8 nitrogen and oxygen atoms in total. The number of carboxylic acids is 1. The zero-order valence-corrected chi connectivity index (χ0v) is 19.1. The fourth-order valence-electron chi connectivity index (χ4n) is 4.58. The number of fused-ring (bicyclic) bond motifs is 2. The van der Waals surface area contributed by atoms with Gasteiger partial charge in [0, 0.05) is 11.1 Å². The Hall–Kier alpha value is -2.92. The predicted molar refractivity (Wildman–Crippen MR) is 114 cm³/mol. The van der Waals surface area contributed by atoms with Gasteiger partial charge in [0.2, 0.25) is 0 Å². The summed E-state index contributed by atoms with van der Waals surface area (Å²) in [6.45, 7) is 1.64. The van der Waals surface area contributed by atoms with Crippen molar-refractivity contribution in [3.63, 3.8) is 0 Å². The van der Waals surface area contributed by atoms with Crippen LogP contribution in [0.15, 0.2) is 36.4 Å². The Morgan fingerprint density at radius 3 is 1.56 bits per heavy atom. The number of rotatable bonds is 4. The van der Waals surface area contributed by atoms with Crippen LogP contribution >= 0.6 is 0 Å². The number of carbonyl (C=O) groups is 4. The zero-order valence-electron chi connectivity index (χ0n) is 19.1. The number of aliphatic carboxylic acids is 1. The zero-order chi connectivity index (χ0) is 22.7. The summed E-state index contributed by atoms with van der Waals surface area (Å²) in [4.78, 5) is 44.9. The summed E-state index contributed by atoms with van der Waals surface area (Å²) in [5.41, 5.74) is 2.57. The van der Waals surface area contributed by atoms with Crippen molar-refractivity contribution in [2.24, 2.45) is 0 Å². The summed E-state index contributed by atoms with van der Waals surface area (Å²) in [5, 5.41) is 9.16. The Bertz CT molecular complexity index is 1100. The van der Waals surface area contributed by atoms with Crippen LogP contribution in [-0.4, -0.2) is 34.3 Å². The van der Waals surface area contributed by atoms with Crippen LogP contribution in [0.3, 0.4) is 0 Å². The number of ether oxygens (including phenoxy) is 2. The summed E-state index contributed by atoms with van der Waals surface area (Å²) in [6, 6.07) is 10.9.